The number of aromatic nitrogens is 2. The first kappa shape index (κ1) is 17.4. The van der Waals surface area contributed by atoms with Gasteiger partial charge in [-0.15, -0.1) is 5.10 Å². The molecule has 1 fully saturated rings. The highest BCUT2D eigenvalue weighted by Gasteiger charge is 2.27. The molecule has 5 nitrogen and oxygen atoms in total. The van der Waals surface area contributed by atoms with Crippen LogP contribution in [0.3, 0.4) is 0 Å². The predicted octanol–water partition coefficient (Wildman–Crippen LogP) is 3.67. The Morgan fingerprint density at radius 2 is 2.08 bits per heavy atom. The van der Waals surface area contributed by atoms with E-state index in [0.717, 1.165) is 42.2 Å². The van der Waals surface area contributed by atoms with Crippen molar-refractivity contribution in [3.63, 3.8) is 0 Å². The number of hydrogen-bond donors (Lipinski definition) is 0. The molecule has 1 aliphatic rings. The summed E-state index contributed by atoms with van der Waals surface area (Å²) in [4.78, 5) is 15.1. The first-order chi connectivity index (χ1) is 12.0. The molecule has 2 aromatic rings. The SMILES string of the molecule is Cc1ccc(N2CCC[C@@H](C(=O)c3cccc(OC(C)C)c3)C2)nn1. The summed E-state index contributed by atoms with van der Waals surface area (Å²) in [5.74, 6) is 1.75. The number of anilines is 1. The fourth-order valence-electron chi connectivity index (χ4n) is 3.19. The van der Waals surface area contributed by atoms with E-state index in [9.17, 15) is 4.79 Å². The van der Waals surface area contributed by atoms with E-state index in [1.165, 1.54) is 0 Å². The first-order valence-corrected chi connectivity index (χ1v) is 8.89. The molecule has 25 heavy (non-hydrogen) atoms. The van der Waals surface area contributed by atoms with Gasteiger partial charge in [-0.3, -0.25) is 4.79 Å². The van der Waals surface area contributed by atoms with Crippen LogP contribution in [-0.2, 0) is 0 Å². The molecule has 0 amide bonds. The number of piperidine rings is 1. The second-order valence-corrected chi connectivity index (χ2v) is 6.88. The average Bonchev–Trinajstić information content (AvgIpc) is 2.61. The summed E-state index contributed by atoms with van der Waals surface area (Å²) in [7, 11) is 0. The lowest BCUT2D eigenvalue weighted by Gasteiger charge is -2.32. The van der Waals surface area contributed by atoms with Gasteiger partial charge < -0.3 is 9.64 Å². The molecule has 0 unspecified atom stereocenters. The summed E-state index contributed by atoms with van der Waals surface area (Å²) in [5, 5.41) is 8.39. The second kappa shape index (κ2) is 7.64. The lowest BCUT2D eigenvalue weighted by molar-refractivity contribution is 0.0906. The number of Topliss-reactive ketones (excluding diaryl/α,β-unsaturated/α-hetero) is 1. The van der Waals surface area contributed by atoms with Crippen LogP contribution >= 0.6 is 0 Å². The minimum Gasteiger partial charge on any atom is -0.491 e. The van der Waals surface area contributed by atoms with Crippen LogP contribution in [0.1, 0.15) is 42.7 Å². The van der Waals surface area contributed by atoms with Gasteiger partial charge in [-0.2, -0.15) is 5.10 Å². The topological polar surface area (TPSA) is 55.3 Å². The maximum Gasteiger partial charge on any atom is 0.167 e. The fraction of sp³-hybridized carbons (Fsp3) is 0.450. The molecule has 0 saturated carbocycles. The van der Waals surface area contributed by atoms with E-state index in [-0.39, 0.29) is 17.8 Å². The quantitative estimate of drug-likeness (QED) is 0.778. The monoisotopic (exact) mass is 339 g/mol. The van der Waals surface area contributed by atoms with Crippen molar-refractivity contribution < 1.29 is 9.53 Å². The number of benzene rings is 1. The molecule has 1 aliphatic heterocycles. The summed E-state index contributed by atoms with van der Waals surface area (Å²) in [6.45, 7) is 7.49. The minimum absolute atomic E-state index is 0.0221. The standard InChI is InChI=1S/C20H25N3O2/c1-14(2)25-18-8-4-6-16(12-18)20(24)17-7-5-11-23(13-17)19-10-9-15(3)21-22-19/h4,6,8-10,12,14,17H,5,7,11,13H2,1-3H3/t17-/m1/s1. The number of hydrogen-bond acceptors (Lipinski definition) is 5. The van der Waals surface area contributed by atoms with Gasteiger partial charge in [0, 0.05) is 24.6 Å². The third kappa shape index (κ3) is 4.35. The largest absolute Gasteiger partial charge is 0.491 e. The van der Waals surface area contributed by atoms with Gasteiger partial charge in [0.2, 0.25) is 0 Å². The second-order valence-electron chi connectivity index (χ2n) is 6.88. The summed E-state index contributed by atoms with van der Waals surface area (Å²) < 4.78 is 5.71. The molecular formula is C20H25N3O2. The number of ketones is 1. The zero-order valence-corrected chi connectivity index (χ0v) is 15.1. The molecule has 1 aromatic heterocycles. The van der Waals surface area contributed by atoms with Crippen molar-refractivity contribution >= 4 is 11.6 Å². The lowest BCUT2D eigenvalue weighted by Crippen LogP contribution is -2.39. The lowest BCUT2D eigenvalue weighted by atomic mass is 9.90. The number of ether oxygens (including phenoxy) is 1. The molecular weight excluding hydrogens is 314 g/mol. The van der Waals surface area contributed by atoms with Crippen LogP contribution in [0.15, 0.2) is 36.4 Å². The molecule has 0 spiro atoms. The van der Waals surface area contributed by atoms with Crippen LogP contribution in [0.25, 0.3) is 0 Å². The maximum absolute atomic E-state index is 13.0. The fourth-order valence-corrected chi connectivity index (χ4v) is 3.19. The first-order valence-electron chi connectivity index (χ1n) is 8.89. The Bertz CT molecular complexity index is 728. The smallest absolute Gasteiger partial charge is 0.167 e. The highest BCUT2D eigenvalue weighted by molar-refractivity contribution is 5.98. The number of aryl methyl sites for hydroxylation is 1. The van der Waals surface area contributed by atoms with E-state index in [0.29, 0.717) is 6.54 Å². The number of carbonyl (C=O) groups excluding carboxylic acids is 1. The van der Waals surface area contributed by atoms with E-state index in [4.69, 9.17) is 4.74 Å². The third-order valence-corrected chi connectivity index (χ3v) is 4.39. The normalized spacial score (nSPS) is 17.6. The van der Waals surface area contributed by atoms with Gasteiger partial charge in [-0.25, -0.2) is 0 Å². The summed E-state index contributed by atoms with van der Waals surface area (Å²) in [6.07, 6.45) is 1.98. The molecule has 1 atom stereocenters. The molecule has 1 saturated heterocycles. The Labute approximate surface area is 149 Å². The summed E-state index contributed by atoms with van der Waals surface area (Å²) in [6, 6.07) is 11.4. The van der Waals surface area contributed by atoms with Gasteiger partial charge in [0.15, 0.2) is 11.6 Å². The summed E-state index contributed by atoms with van der Waals surface area (Å²) >= 11 is 0. The Hall–Kier alpha value is -2.43. The van der Waals surface area contributed by atoms with Crippen molar-refractivity contribution in [1.29, 1.82) is 0 Å². The Morgan fingerprint density at radius 3 is 2.80 bits per heavy atom. The molecule has 0 bridgehead atoms. The Balaban J connectivity index is 1.72. The Kier molecular flexibility index (Phi) is 5.31. The molecule has 1 aromatic carbocycles. The van der Waals surface area contributed by atoms with Crippen LogP contribution in [0.2, 0.25) is 0 Å². The maximum atomic E-state index is 13.0. The van der Waals surface area contributed by atoms with Crippen molar-refractivity contribution in [3.05, 3.63) is 47.7 Å². The molecule has 5 heteroatoms. The molecule has 0 radical (unpaired) electrons. The molecule has 0 N–H and O–H groups in total. The zero-order chi connectivity index (χ0) is 17.8. The van der Waals surface area contributed by atoms with E-state index in [1.807, 2.05) is 57.2 Å². The van der Waals surface area contributed by atoms with Crippen LogP contribution in [-0.4, -0.2) is 35.2 Å². The van der Waals surface area contributed by atoms with Gasteiger partial charge in [0.25, 0.3) is 0 Å². The molecule has 3 rings (SSSR count). The van der Waals surface area contributed by atoms with Crippen molar-refractivity contribution in [2.24, 2.45) is 5.92 Å². The number of carbonyl (C=O) groups is 1. The average molecular weight is 339 g/mol. The molecule has 132 valence electrons. The van der Waals surface area contributed by atoms with Crippen molar-refractivity contribution in [2.45, 2.75) is 39.7 Å². The van der Waals surface area contributed by atoms with Crippen LogP contribution in [0.5, 0.6) is 5.75 Å². The van der Waals surface area contributed by atoms with E-state index >= 15 is 0 Å². The van der Waals surface area contributed by atoms with Crippen LogP contribution < -0.4 is 9.64 Å². The summed E-state index contributed by atoms with van der Waals surface area (Å²) in [5.41, 5.74) is 1.62. The van der Waals surface area contributed by atoms with E-state index in [1.54, 1.807) is 0 Å². The van der Waals surface area contributed by atoms with Crippen molar-refractivity contribution in [3.8, 4) is 5.75 Å². The van der Waals surface area contributed by atoms with E-state index in [2.05, 4.69) is 15.1 Å². The van der Waals surface area contributed by atoms with Gasteiger partial charge in [0.05, 0.1) is 11.8 Å². The van der Waals surface area contributed by atoms with Gasteiger partial charge in [-0.05, 0) is 57.9 Å². The predicted molar refractivity (Wildman–Crippen MR) is 98.2 cm³/mol. The van der Waals surface area contributed by atoms with Crippen LogP contribution in [0, 0.1) is 12.8 Å². The molecule has 0 aliphatic carbocycles. The number of nitrogens with zero attached hydrogens (tertiary/aromatic N) is 3. The minimum atomic E-state index is -0.0221. The highest BCUT2D eigenvalue weighted by Crippen LogP contribution is 2.25. The molecule has 2 heterocycles. The van der Waals surface area contributed by atoms with Gasteiger partial charge in [0.1, 0.15) is 5.75 Å². The highest BCUT2D eigenvalue weighted by atomic mass is 16.5. The van der Waals surface area contributed by atoms with E-state index < -0.39 is 0 Å². The Morgan fingerprint density at radius 1 is 1.24 bits per heavy atom. The van der Waals surface area contributed by atoms with Gasteiger partial charge in [-0.1, -0.05) is 12.1 Å². The van der Waals surface area contributed by atoms with Crippen LogP contribution in [0.4, 0.5) is 5.82 Å². The van der Waals surface area contributed by atoms with Crippen molar-refractivity contribution in [1.82, 2.24) is 10.2 Å². The zero-order valence-electron chi connectivity index (χ0n) is 15.1. The third-order valence-electron chi connectivity index (χ3n) is 4.39. The number of rotatable bonds is 5. The van der Waals surface area contributed by atoms with Crippen molar-refractivity contribution in [2.75, 3.05) is 18.0 Å². The van der Waals surface area contributed by atoms with Gasteiger partial charge >= 0.3 is 0 Å².